The lowest BCUT2D eigenvalue weighted by Crippen LogP contribution is -2.41. The Morgan fingerprint density at radius 3 is 3.04 bits per heavy atom. The van der Waals surface area contributed by atoms with Crippen LogP contribution in [0.25, 0.3) is 11.3 Å². The molecule has 0 aliphatic carbocycles. The smallest absolute Gasteiger partial charge is 0.251 e. The Morgan fingerprint density at radius 1 is 1.39 bits per heavy atom. The summed E-state index contributed by atoms with van der Waals surface area (Å²) in [5.74, 6) is 1.02. The van der Waals surface area contributed by atoms with Gasteiger partial charge in [0.15, 0.2) is 0 Å². The third-order valence-electron chi connectivity index (χ3n) is 5.34. The average molecular weight is 383 g/mol. The zero-order chi connectivity index (χ0) is 19.9. The molecule has 1 aromatic carbocycles. The summed E-state index contributed by atoms with van der Waals surface area (Å²) < 4.78 is 0. The SMILES string of the molecule is CCc1cnc(C)nc1-c1cccc(C(=O)NCCN2CCCC(CO)C2)c1. The van der Waals surface area contributed by atoms with Gasteiger partial charge in [0.05, 0.1) is 5.69 Å². The molecule has 1 fully saturated rings. The third-order valence-corrected chi connectivity index (χ3v) is 5.34. The van der Waals surface area contributed by atoms with Crippen molar-refractivity contribution in [2.24, 2.45) is 5.92 Å². The maximum atomic E-state index is 12.6. The van der Waals surface area contributed by atoms with Crippen LogP contribution in [-0.4, -0.2) is 58.7 Å². The molecule has 0 saturated carbocycles. The van der Waals surface area contributed by atoms with Gasteiger partial charge in [-0.2, -0.15) is 0 Å². The van der Waals surface area contributed by atoms with Crippen LogP contribution in [0.1, 0.15) is 41.5 Å². The number of aromatic nitrogens is 2. The minimum atomic E-state index is -0.0682. The van der Waals surface area contributed by atoms with Crippen LogP contribution in [0.5, 0.6) is 0 Å². The van der Waals surface area contributed by atoms with Crippen molar-refractivity contribution in [3.05, 3.63) is 47.4 Å². The molecule has 2 aromatic rings. The fraction of sp³-hybridized carbons (Fsp3) is 0.500. The van der Waals surface area contributed by atoms with Crippen LogP contribution in [0.15, 0.2) is 30.5 Å². The monoisotopic (exact) mass is 382 g/mol. The molecule has 150 valence electrons. The van der Waals surface area contributed by atoms with Crippen molar-refractivity contribution < 1.29 is 9.90 Å². The molecule has 1 aliphatic rings. The van der Waals surface area contributed by atoms with Gasteiger partial charge in [-0.1, -0.05) is 19.1 Å². The van der Waals surface area contributed by atoms with E-state index in [2.05, 4.69) is 27.1 Å². The molecule has 1 unspecified atom stereocenters. The Morgan fingerprint density at radius 2 is 2.25 bits per heavy atom. The number of hydrogen-bond donors (Lipinski definition) is 2. The summed E-state index contributed by atoms with van der Waals surface area (Å²) in [7, 11) is 0. The second-order valence-electron chi connectivity index (χ2n) is 7.47. The summed E-state index contributed by atoms with van der Waals surface area (Å²) in [6.07, 6.45) is 4.91. The molecule has 1 aromatic heterocycles. The topological polar surface area (TPSA) is 78.4 Å². The molecule has 3 rings (SSSR count). The van der Waals surface area contributed by atoms with Gasteiger partial charge in [0.2, 0.25) is 0 Å². The Hall–Kier alpha value is -2.31. The first kappa shape index (κ1) is 20.4. The van der Waals surface area contributed by atoms with Crippen molar-refractivity contribution in [1.29, 1.82) is 0 Å². The molecule has 0 radical (unpaired) electrons. The lowest BCUT2D eigenvalue weighted by atomic mass is 9.99. The number of carbonyl (C=O) groups excluding carboxylic acids is 1. The highest BCUT2D eigenvalue weighted by Gasteiger charge is 2.19. The number of benzene rings is 1. The molecule has 1 atom stereocenters. The number of rotatable bonds is 7. The minimum Gasteiger partial charge on any atom is -0.396 e. The second kappa shape index (κ2) is 9.75. The van der Waals surface area contributed by atoms with Crippen molar-refractivity contribution >= 4 is 5.91 Å². The summed E-state index contributed by atoms with van der Waals surface area (Å²) in [5.41, 5.74) is 3.55. The van der Waals surface area contributed by atoms with E-state index < -0.39 is 0 Å². The quantitative estimate of drug-likeness (QED) is 0.769. The largest absolute Gasteiger partial charge is 0.396 e. The van der Waals surface area contributed by atoms with E-state index in [1.165, 1.54) is 0 Å². The van der Waals surface area contributed by atoms with Crippen LogP contribution in [0, 0.1) is 12.8 Å². The van der Waals surface area contributed by atoms with E-state index in [4.69, 9.17) is 0 Å². The molecule has 0 spiro atoms. The molecular formula is C22H30N4O2. The zero-order valence-corrected chi connectivity index (χ0v) is 16.8. The van der Waals surface area contributed by atoms with E-state index in [1.807, 2.05) is 37.4 Å². The van der Waals surface area contributed by atoms with Crippen molar-refractivity contribution in [2.75, 3.05) is 32.8 Å². The van der Waals surface area contributed by atoms with E-state index in [-0.39, 0.29) is 12.5 Å². The summed E-state index contributed by atoms with van der Waals surface area (Å²) in [5, 5.41) is 12.4. The van der Waals surface area contributed by atoms with Crippen LogP contribution in [-0.2, 0) is 6.42 Å². The first-order valence-corrected chi connectivity index (χ1v) is 10.1. The van der Waals surface area contributed by atoms with Crippen molar-refractivity contribution in [3.63, 3.8) is 0 Å². The van der Waals surface area contributed by atoms with Crippen LogP contribution in [0.3, 0.4) is 0 Å². The molecular weight excluding hydrogens is 352 g/mol. The molecule has 2 N–H and O–H groups in total. The molecule has 0 bridgehead atoms. The van der Waals surface area contributed by atoms with Gasteiger partial charge in [0, 0.05) is 43.6 Å². The predicted molar refractivity (Wildman–Crippen MR) is 110 cm³/mol. The van der Waals surface area contributed by atoms with Gasteiger partial charge in [0.1, 0.15) is 5.82 Å². The number of carbonyl (C=O) groups is 1. The van der Waals surface area contributed by atoms with Gasteiger partial charge < -0.3 is 15.3 Å². The average Bonchev–Trinajstić information content (AvgIpc) is 2.74. The first-order chi connectivity index (χ1) is 13.6. The molecule has 6 nitrogen and oxygen atoms in total. The third kappa shape index (κ3) is 5.14. The number of amides is 1. The normalized spacial score (nSPS) is 17.5. The van der Waals surface area contributed by atoms with Gasteiger partial charge in [-0.3, -0.25) is 4.79 Å². The Balaban J connectivity index is 1.62. The number of aryl methyl sites for hydroxylation is 2. The Labute approximate surface area is 167 Å². The predicted octanol–water partition coefficient (Wildman–Crippen LogP) is 2.45. The maximum absolute atomic E-state index is 12.6. The summed E-state index contributed by atoms with van der Waals surface area (Å²) >= 11 is 0. The van der Waals surface area contributed by atoms with Crippen molar-refractivity contribution in [3.8, 4) is 11.3 Å². The van der Waals surface area contributed by atoms with E-state index in [0.717, 1.165) is 61.5 Å². The maximum Gasteiger partial charge on any atom is 0.251 e. The van der Waals surface area contributed by atoms with Crippen LogP contribution >= 0.6 is 0 Å². The minimum absolute atomic E-state index is 0.0682. The lowest BCUT2D eigenvalue weighted by Gasteiger charge is -2.31. The molecule has 28 heavy (non-hydrogen) atoms. The zero-order valence-electron chi connectivity index (χ0n) is 16.8. The summed E-state index contributed by atoms with van der Waals surface area (Å²) in [4.78, 5) is 23.8. The van der Waals surface area contributed by atoms with E-state index in [0.29, 0.717) is 18.0 Å². The molecule has 1 aliphatic heterocycles. The summed E-state index contributed by atoms with van der Waals surface area (Å²) in [6, 6.07) is 7.62. The van der Waals surface area contributed by atoms with Gasteiger partial charge in [-0.25, -0.2) is 9.97 Å². The Kier molecular flexibility index (Phi) is 7.12. The second-order valence-corrected chi connectivity index (χ2v) is 7.47. The highest BCUT2D eigenvalue weighted by atomic mass is 16.3. The lowest BCUT2D eigenvalue weighted by molar-refractivity contribution is 0.0930. The first-order valence-electron chi connectivity index (χ1n) is 10.1. The van der Waals surface area contributed by atoms with Crippen LogP contribution in [0.4, 0.5) is 0 Å². The number of aliphatic hydroxyl groups is 1. The standard InChI is InChI=1S/C22H30N4O2/c1-3-18-13-24-16(2)25-21(18)19-7-4-8-20(12-19)22(28)23-9-11-26-10-5-6-17(14-26)15-27/h4,7-8,12-13,17,27H,3,5-6,9-11,14-15H2,1-2H3,(H,23,28). The van der Waals surface area contributed by atoms with Gasteiger partial charge in [0.25, 0.3) is 5.91 Å². The van der Waals surface area contributed by atoms with Crippen LogP contribution < -0.4 is 5.32 Å². The number of hydrogen-bond acceptors (Lipinski definition) is 5. The van der Waals surface area contributed by atoms with E-state index >= 15 is 0 Å². The highest BCUT2D eigenvalue weighted by Crippen LogP contribution is 2.23. The van der Waals surface area contributed by atoms with Crippen LogP contribution in [0.2, 0.25) is 0 Å². The van der Waals surface area contributed by atoms with E-state index in [1.54, 1.807) is 0 Å². The molecule has 1 saturated heterocycles. The Bertz CT molecular complexity index is 809. The summed E-state index contributed by atoms with van der Waals surface area (Å²) in [6.45, 7) is 7.57. The highest BCUT2D eigenvalue weighted by molar-refractivity contribution is 5.95. The number of likely N-dealkylation sites (tertiary alicyclic amines) is 1. The number of nitrogens with one attached hydrogen (secondary N) is 1. The molecule has 6 heteroatoms. The van der Waals surface area contributed by atoms with Crippen molar-refractivity contribution in [2.45, 2.75) is 33.1 Å². The van der Waals surface area contributed by atoms with E-state index in [9.17, 15) is 9.90 Å². The number of piperidine rings is 1. The van der Waals surface area contributed by atoms with Crippen molar-refractivity contribution in [1.82, 2.24) is 20.2 Å². The number of nitrogens with zero attached hydrogens (tertiary/aromatic N) is 3. The van der Waals surface area contributed by atoms with Gasteiger partial charge in [-0.05, 0) is 56.3 Å². The fourth-order valence-corrected chi connectivity index (χ4v) is 3.74. The van der Waals surface area contributed by atoms with Gasteiger partial charge >= 0.3 is 0 Å². The van der Waals surface area contributed by atoms with Gasteiger partial charge in [-0.15, -0.1) is 0 Å². The molecule has 2 heterocycles. The number of aliphatic hydroxyl groups excluding tert-OH is 1. The molecule has 1 amide bonds. The fourth-order valence-electron chi connectivity index (χ4n) is 3.74.